The topological polar surface area (TPSA) is 74.6 Å². The fraction of sp³-hybridized carbons (Fsp3) is 0.529. The maximum atomic E-state index is 13.1. The van der Waals surface area contributed by atoms with Crippen LogP contribution in [0.5, 0.6) is 0 Å². The van der Waals surface area contributed by atoms with Crippen molar-refractivity contribution in [2.45, 2.75) is 35.2 Å². The summed E-state index contributed by atoms with van der Waals surface area (Å²) in [6.07, 6.45) is -4.69. The summed E-state index contributed by atoms with van der Waals surface area (Å²) in [5, 5.41) is 18.8. The largest absolute Gasteiger partial charge is 0.481 e. The molecule has 2 fully saturated rings. The van der Waals surface area contributed by atoms with Gasteiger partial charge in [-0.25, -0.2) is 0 Å². The monoisotopic (exact) mass is 410 g/mol. The van der Waals surface area contributed by atoms with Crippen LogP contribution in [0.25, 0.3) is 0 Å². The van der Waals surface area contributed by atoms with Crippen LogP contribution in [-0.2, 0) is 21.2 Å². The number of benzene rings is 1. The fourth-order valence-corrected chi connectivity index (χ4v) is 5.54. The molecule has 2 saturated carbocycles. The predicted octanol–water partition coefficient (Wildman–Crippen LogP) is 4.33. The van der Waals surface area contributed by atoms with Gasteiger partial charge in [0.1, 0.15) is 4.33 Å². The molecule has 0 spiro atoms. The molecule has 2 aliphatic carbocycles. The summed E-state index contributed by atoms with van der Waals surface area (Å²) in [5.74, 6) is -5.61. The minimum Gasteiger partial charge on any atom is -0.481 e. The molecule has 0 aliphatic heterocycles. The fourth-order valence-electron chi connectivity index (χ4n) is 4.46. The van der Waals surface area contributed by atoms with Crippen molar-refractivity contribution in [1.29, 1.82) is 0 Å². The van der Waals surface area contributed by atoms with Gasteiger partial charge in [-0.1, -0.05) is 18.2 Å². The zero-order valence-corrected chi connectivity index (χ0v) is 14.8. The van der Waals surface area contributed by atoms with Crippen LogP contribution in [0.3, 0.4) is 0 Å². The van der Waals surface area contributed by atoms with Crippen molar-refractivity contribution in [3.8, 4) is 0 Å². The number of fused-ring (bicyclic) bond motifs is 1. The lowest BCUT2D eigenvalue weighted by atomic mass is 9.46. The van der Waals surface area contributed by atoms with E-state index in [2.05, 4.69) is 0 Å². The van der Waals surface area contributed by atoms with Gasteiger partial charge in [0.15, 0.2) is 0 Å². The Morgan fingerprint density at radius 2 is 1.73 bits per heavy atom. The molecular formula is C17H15Cl2F3O4. The Bertz CT molecular complexity index is 765. The molecule has 0 bridgehead atoms. The molecule has 0 heterocycles. The molecule has 2 aliphatic rings. The summed E-state index contributed by atoms with van der Waals surface area (Å²) in [6, 6.07) is 4.66. The van der Waals surface area contributed by atoms with Gasteiger partial charge in [0, 0.05) is 11.3 Å². The lowest BCUT2D eigenvalue weighted by Crippen LogP contribution is -2.63. The molecule has 3 rings (SSSR count). The average molecular weight is 411 g/mol. The Kier molecular flexibility index (Phi) is 4.47. The predicted molar refractivity (Wildman–Crippen MR) is 87.2 cm³/mol. The number of aliphatic carboxylic acids is 2. The summed E-state index contributed by atoms with van der Waals surface area (Å²) in [5.41, 5.74) is -1.54. The molecule has 4 atom stereocenters. The number of carbonyl (C=O) groups is 2. The minimum absolute atomic E-state index is 0.0746. The molecule has 0 radical (unpaired) electrons. The maximum Gasteiger partial charge on any atom is 0.416 e. The Balaban J connectivity index is 2.07. The molecule has 142 valence electrons. The van der Waals surface area contributed by atoms with Crippen LogP contribution in [0.2, 0.25) is 0 Å². The van der Waals surface area contributed by atoms with Crippen molar-refractivity contribution in [1.82, 2.24) is 0 Å². The summed E-state index contributed by atoms with van der Waals surface area (Å²) in [6.45, 7) is 0. The second-order valence-corrected chi connectivity index (χ2v) is 8.60. The van der Waals surface area contributed by atoms with Gasteiger partial charge in [0.2, 0.25) is 0 Å². The van der Waals surface area contributed by atoms with Crippen LogP contribution in [0.15, 0.2) is 24.3 Å². The first kappa shape index (κ1) is 19.3. The van der Waals surface area contributed by atoms with E-state index in [1.165, 1.54) is 12.1 Å². The Morgan fingerprint density at radius 3 is 2.23 bits per heavy atom. The van der Waals surface area contributed by atoms with Crippen molar-refractivity contribution in [3.63, 3.8) is 0 Å². The van der Waals surface area contributed by atoms with E-state index in [-0.39, 0.29) is 19.3 Å². The molecule has 26 heavy (non-hydrogen) atoms. The van der Waals surface area contributed by atoms with E-state index in [4.69, 9.17) is 23.2 Å². The lowest BCUT2D eigenvalue weighted by Gasteiger charge is -2.62. The third-order valence-electron chi connectivity index (χ3n) is 5.69. The number of halogens is 5. The van der Waals surface area contributed by atoms with Crippen molar-refractivity contribution < 1.29 is 33.0 Å². The number of hydrogen-bond acceptors (Lipinski definition) is 2. The van der Waals surface area contributed by atoms with Gasteiger partial charge in [-0.2, -0.15) is 13.2 Å². The highest BCUT2D eigenvalue weighted by Gasteiger charge is 2.67. The molecule has 2 unspecified atom stereocenters. The summed E-state index contributed by atoms with van der Waals surface area (Å²) in [4.78, 5) is 23.1. The maximum absolute atomic E-state index is 13.1. The Labute approximate surface area is 156 Å². The van der Waals surface area contributed by atoms with Gasteiger partial charge in [0.05, 0.1) is 17.4 Å². The third-order valence-corrected chi connectivity index (χ3v) is 6.48. The highest BCUT2D eigenvalue weighted by atomic mass is 35.5. The first-order valence-electron chi connectivity index (χ1n) is 7.90. The van der Waals surface area contributed by atoms with E-state index < -0.39 is 51.2 Å². The Hall–Kier alpha value is -1.47. The molecule has 1 aromatic carbocycles. The second kappa shape index (κ2) is 6.02. The van der Waals surface area contributed by atoms with E-state index in [0.717, 1.165) is 12.1 Å². The van der Waals surface area contributed by atoms with E-state index >= 15 is 0 Å². The van der Waals surface area contributed by atoms with Gasteiger partial charge >= 0.3 is 18.1 Å². The first-order valence-corrected chi connectivity index (χ1v) is 8.65. The summed E-state index contributed by atoms with van der Waals surface area (Å²) >= 11 is 12.5. The van der Waals surface area contributed by atoms with Gasteiger partial charge in [-0.15, -0.1) is 23.2 Å². The molecular weight excluding hydrogens is 396 g/mol. The molecule has 2 N–H and O–H groups in total. The van der Waals surface area contributed by atoms with Crippen LogP contribution >= 0.6 is 23.2 Å². The van der Waals surface area contributed by atoms with Gasteiger partial charge in [-0.05, 0) is 30.9 Å². The third kappa shape index (κ3) is 2.95. The van der Waals surface area contributed by atoms with Crippen molar-refractivity contribution in [2.75, 3.05) is 0 Å². The molecule has 0 aromatic heterocycles. The highest BCUT2D eigenvalue weighted by molar-refractivity contribution is 6.49. The van der Waals surface area contributed by atoms with Crippen molar-refractivity contribution in [2.24, 2.45) is 17.8 Å². The molecule has 9 heteroatoms. The van der Waals surface area contributed by atoms with Gasteiger partial charge in [0.25, 0.3) is 0 Å². The zero-order valence-electron chi connectivity index (χ0n) is 13.3. The van der Waals surface area contributed by atoms with Crippen LogP contribution in [0.4, 0.5) is 13.2 Å². The van der Waals surface area contributed by atoms with Gasteiger partial charge < -0.3 is 10.2 Å². The first-order chi connectivity index (χ1) is 11.9. The average Bonchev–Trinajstić information content (AvgIpc) is 2.52. The van der Waals surface area contributed by atoms with E-state index in [1.54, 1.807) is 0 Å². The van der Waals surface area contributed by atoms with Crippen molar-refractivity contribution >= 4 is 35.1 Å². The quantitative estimate of drug-likeness (QED) is 0.727. The minimum atomic E-state index is -4.55. The summed E-state index contributed by atoms with van der Waals surface area (Å²) in [7, 11) is 0. The smallest absolute Gasteiger partial charge is 0.416 e. The van der Waals surface area contributed by atoms with Crippen LogP contribution in [0.1, 0.15) is 30.4 Å². The standard InChI is InChI=1S/C17H15Cl2F3O4/c18-16(19)7-15(8-2-1-3-9(4-8)17(20,21)22)6-11(14(25)26)10(13(23)24)5-12(15)16/h1-4,10-12H,5-7H2,(H,23,24)(H,25,26)/t10-,11?,12?,15+/m0/s1. The molecule has 1 aromatic rings. The lowest BCUT2D eigenvalue weighted by molar-refractivity contribution is -0.162. The number of hydrogen-bond donors (Lipinski definition) is 2. The number of carboxylic acids is 2. The SMILES string of the molecule is O=C(O)C1C[C@]2(c3cccc(C(F)(F)F)c3)CC(Cl)(Cl)C2C[C@@H]1C(=O)O. The van der Waals surface area contributed by atoms with E-state index in [1.807, 2.05) is 0 Å². The van der Waals surface area contributed by atoms with E-state index in [9.17, 15) is 33.0 Å². The molecule has 4 nitrogen and oxygen atoms in total. The molecule has 0 amide bonds. The molecule has 0 saturated heterocycles. The number of carboxylic acid groups (broad SMARTS) is 2. The summed E-state index contributed by atoms with van der Waals surface area (Å²) < 4.78 is 37.9. The van der Waals surface area contributed by atoms with Crippen LogP contribution in [-0.4, -0.2) is 26.5 Å². The van der Waals surface area contributed by atoms with Gasteiger partial charge in [-0.3, -0.25) is 9.59 Å². The zero-order chi connectivity index (χ0) is 19.5. The second-order valence-electron chi connectivity index (χ2n) is 7.05. The van der Waals surface area contributed by atoms with Crippen LogP contribution in [0, 0.1) is 17.8 Å². The van der Waals surface area contributed by atoms with Crippen LogP contribution < -0.4 is 0 Å². The van der Waals surface area contributed by atoms with Crippen molar-refractivity contribution in [3.05, 3.63) is 35.4 Å². The van der Waals surface area contributed by atoms with E-state index in [0.29, 0.717) is 5.56 Å². The number of alkyl halides is 5. The normalized spacial score (nSPS) is 33.0. The number of rotatable bonds is 3. The highest BCUT2D eigenvalue weighted by Crippen LogP contribution is 2.68. The Morgan fingerprint density at radius 1 is 1.12 bits per heavy atom.